The number of methoxy groups -OCH3 is 1. The monoisotopic (exact) mass is 402 g/mol. The van der Waals surface area contributed by atoms with Gasteiger partial charge in [0.2, 0.25) is 5.91 Å². The Bertz CT molecular complexity index is 725. The molecule has 0 unspecified atom stereocenters. The third-order valence-corrected chi connectivity index (χ3v) is 4.74. The minimum absolute atomic E-state index is 0.0236. The van der Waals surface area contributed by atoms with E-state index in [1.807, 2.05) is 25.1 Å². The number of carbonyl (C=O) groups excluding carboxylic acids is 1. The highest BCUT2D eigenvalue weighted by Crippen LogP contribution is 2.30. The molecule has 2 rings (SSSR count). The van der Waals surface area contributed by atoms with Crippen LogP contribution >= 0.6 is 0 Å². The molecule has 1 aliphatic rings. The van der Waals surface area contributed by atoms with Gasteiger partial charge in [0.25, 0.3) is 0 Å². The first-order valence-electron chi connectivity index (χ1n) is 10.1. The largest absolute Gasteiger partial charge is 0.497 e. The van der Waals surface area contributed by atoms with Gasteiger partial charge in [-0.2, -0.15) is 0 Å². The molecular weight excluding hydrogens is 368 g/mol. The molecule has 160 valence electrons. The van der Waals surface area contributed by atoms with E-state index in [4.69, 9.17) is 9.47 Å². The van der Waals surface area contributed by atoms with Gasteiger partial charge in [0, 0.05) is 32.3 Å². The van der Waals surface area contributed by atoms with Gasteiger partial charge >= 0.3 is 0 Å². The summed E-state index contributed by atoms with van der Waals surface area (Å²) >= 11 is 0. The molecule has 1 saturated carbocycles. The molecule has 1 aromatic carbocycles. The molecule has 0 atom stereocenters. The van der Waals surface area contributed by atoms with Crippen LogP contribution in [0.2, 0.25) is 0 Å². The molecule has 1 amide bonds. The Kier molecular flexibility index (Phi) is 8.83. The van der Waals surface area contributed by atoms with Gasteiger partial charge in [-0.05, 0) is 44.7 Å². The lowest BCUT2D eigenvalue weighted by molar-refractivity contribution is -0.127. The van der Waals surface area contributed by atoms with E-state index in [0.717, 1.165) is 35.5 Å². The number of nitrogens with one attached hydrogen (secondary N) is 2. The molecule has 29 heavy (non-hydrogen) atoms. The quantitative estimate of drug-likeness (QED) is 0.377. The number of guanidine groups is 1. The molecule has 7 nitrogen and oxygen atoms in total. The number of carbonyl (C=O) groups is 1. The van der Waals surface area contributed by atoms with Crippen LogP contribution < -0.4 is 20.1 Å². The lowest BCUT2D eigenvalue weighted by atomic mass is 10.2. The zero-order valence-corrected chi connectivity index (χ0v) is 18.1. The third-order valence-electron chi connectivity index (χ3n) is 4.74. The van der Waals surface area contributed by atoms with Gasteiger partial charge in [-0.25, -0.2) is 4.99 Å². The van der Waals surface area contributed by atoms with Crippen molar-refractivity contribution in [2.75, 3.05) is 34.3 Å². The summed E-state index contributed by atoms with van der Waals surface area (Å²) in [5, 5.41) is 6.28. The van der Waals surface area contributed by atoms with Crippen LogP contribution in [0.1, 0.15) is 38.2 Å². The Morgan fingerprint density at radius 1 is 1.24 bits per heavy atom. The third kappa shape index (κ3) is 7.68. The van der Waals surface area contributed by atoms with Crippen molar-refractivity contribution in [2.24, 2.45) is 4.99 Å². The number of hydrogen-bond acceptors (Lipinski definition) is 4. The maximum Gasteiger partial charge on any atom is 0.241 e. The Morgan fingerprint density at radius 2 is 1.93 bits per heavy atom. The summed E-state index contributed by atoms with van der Waals surface area (Å²) < 4.78 is 11.6. The molecule has 0 heterocycles. The van der Waals surface area contributed by atoms with Gasteiger partial charge < -0.3 is 25.0 Å². The van der Waals surface area contributed by atoms with Gasteiger partial charge in [-0.1, -0.05) is 12.2 Å². The van der Waals surface area contributed by atoms with E-state index in [1.54, 1.807) is 26.1 Å². The molecule has 2 N–H and O–H groups in total. The Hall–Kier alpha value is -2.70. The first-order chi connectivity index (χ1) is 13.9. The number of amides is 1. The van der Waals surface area contributed by atoms with Crippen molar-refractivity contribution in [1.29, 1.82) is 0 Å². The van der Waals surface area contributed by atoms with Crippen LogP contribution in [0, 0.1) is 0 Å². The number of benzene rings is 1. The normalized spacial score (nSPS) is 14.4. The van der Waals surface area contributed by atoms with Crippen molar-refractivity contribution in [3.63, 3.8) is 0 Å². The summed E-state index contributed by atoms with van der Waals surface area (Å²) in [5.74, 6) is 2.11. The number of hydrogen-bond donors (Lipinski definition) is 2. The molecule has 0 aliphatic heterocycles. The van der Waals surface area contributed by atoms with Crippen LogP contribution in [0.15, 0.2) is 35.3 Å². The van der Waals surface area contributed by atoms with E-state index >= 15 is 0 Å². The summed E-state index contributed by atoms with van der Waals surface area (Å²) in [6, 6.07) is 5.82. The molecule has 0 spiro atoms. The SMILES string of the molecule is C=C(C)CNC(=NCc1ccc(OC)cc1OC1CCCC1)NCC(=O)N(C)C. The Labute approximate surface area is 174 Å². The van der Waals surface area contributed by atoms with E-state index in [1.165, 1.54) is 12.8 Å². The first kappa shape index (κ1) is 22.6. The second-order valence-corrected chi connectivity index (χ2v) is 7.62. The van der Waals surface area contributed by atoms with Crippen molar-refractivity contribution in [1.82, 2.24) is 15.5 Å². The maximum atomic E-state index is 11.9. The van der Waals surface area contributed by atoms with E-state index in [0.29, 0.717) is 19.0 Å². The molecular formula is C22H34N4O3. The van der Waals surface area contributed by atoms with Crippen molar-refractivity contribution >= 4 is 11.9 Å². The molecule has 1 aliphatic carbocycles. The van der Waals surface area contributed by atoms with Crippen molar-refractivity contribution in [3.8, 4) is 11.5 Å². The second-order valence-electron chi connectivity index (χ2n) is 7.62. The van der Waals surface area contributed by atoms with Crippen LogP contribution in [-0.4, -0.2) is 57.2 Å². The average Bonchev–Trinajstić information content (AvgIpc) is 3.20. The van der Waals surface area contributed by atoms with Gasteiger partial charge in [-0.15, -0.1) is 0 Å². The standard InChI is InChI=1S/C22H34N4O3/c1-16(2)13-23-22(25-15-21(27)26(3)4)24-14-17-10-11-19(28-5)12-20(17)29-18-8-6-7-9-18/h10-12,18H,1,6-9,13-15H2,2-5H3,(H2,23,24,25). The molecule has 0 saturated heterocycles. The summed E-state index contributed by atoms with van der Waals surface area (Å²) in [7, 11) is 5.11. The summed E-state index contributed by atoms with van der Waals surface area (Å²) in [4.78, 5) is 18.1. The highest BCUT2D eigenvalue weighted by molar-refractivity contribution is 5.86. The van der Waals surface area contributed by atoms with Gasteiger partial charge in [0.05, 0.1) is 26.3 Å². The topological polar surface area (TPSA) is 75.2 Å². The molecule has 1 fully saturated rings. The number of ether oxygens (including phenoxy) is 2. The smallest absolute Gasteiger partial charge is 0.241 e. The minimum Gasteiger partial charge on any atom is -0.497 e. The van der Waals surface area contributed by atoms with E-state index in [2.05, 4.69) is 22.2 Å². The highest BCUT2D eigenvalue weighted by Gasteiger charge is 2.18. The fraction of sp³-hybridized carbons (Fsp3) is 0.545. The highest BCUT2D eigenvalue weighted by atomic mass is 16.5. The van der Waals surface area contributed by atoms with Crippen LogP contribution in [0.5, 0.6) is 11.5 Å². The Balaban J connectivity index is 2.13. The van der Waals surface area contributed by atoms with E-state index in [9.17, 15) is 4.79 Å². The zero-order valence-electron chi connectivity index (χ0n) is 18.1. The van der Waals surface area contributed by atoms with Crippen LogP contribution in [0.4, 0.5) is 0 Å². The average molecular weight is 403 g/mol. The van der Waals surface area contributed by atoms with E-state index < -0.39 is 0 Å². The van der Waals surface area contributed by atoms with Crippen LogP contribution in [0.3, 0.4) is 0 Å². The van der Waals surface area contributed by atoms with Gasteiger partial charge in [0.1, 0.15) is 11.5 Å². The fourth-order valence-corrected chi connectivity index (χ4v) is 2.98. The van der Waals surface area contributed by atoms with Crippen molar-refractivity contribution in [2.45, 2.75) is 45.3 Å². The van der Waals surface area contributed by atoms with Crippen molar-refractivity contribution in [3.05, 3.63) is 35.9 Å². The van der Waals surface area contributed by atoms with Crippen molar-refractivity contribution < 1.29 is 14.3 Å². The van der Waals surface area contributed by atoms with E-state index in [-0.39, 0.29) is 18.6 Å². The molecule has 1 aromatic rings. The lowest BCUT2D eigenvalue weighted by Crippen LogP contribution is -2.43. The summed E-state index contributed by atoms with van der Waals surface area (Å²) in [6.07, 6.45) is 4.84. The zero-order chi connectivity index (χ0) is 21.2. The molecule has 0 radical (unpaired) electrons. The molecule has 0 aromatic heterocycles. The number of rotatable bonds is 9. The first-order valence-corrected chi connectivity index (χ1v) is 10.1. The number of nitrogens with zero attached hydrogens (tertiary/aromatic N) is 2. The molecule has 7 heteroatoms. The predicted molar refractivity (Wildman–Crippen MR) is 117 cm³/mol. The second kappa shape index (κ2) is 11.3. The summed E-state index contributed by atoms with van der Waals surface area (Å²) in [6.45, 7) is 7.02. The number of aliphatic imine (C=N–C) groups is 1. The predicted octanol–water partition coefficient (Wildman–Crippen LogP) is 2.72. The Morgan fingerprint density at radius 3 is 2.55 bits per heavy atom. The summed E-state index contributed by atoms with van der Waals surface area (Å²) in [5.41, 5.74) is 1.96. The minimum atomic E-state index is -0.0236. The maximum absolute atomic E-state index is 11.9. The molecule has 0 bridgehead atoms. The number of likely N-dealkylation sites (N-methyl/N-ethyl adjacent to an activating group) is 1. The van der Waals surface area contributed by atoms with Gasteiger partial charge in [-0.3, -0.25) is 4.79 Å². The van der Waals surface area contributed by atoms with Gasteiger partial charge in [0.15, 0.2) is 5.96 Å². The fourth-order valence-electron chi connectivity index (χ4n) is 2.98. The van der Waals surface area contributed by atoms with Crippen LogP contribution in [0.25, 0.3) is 0 Å². The lowest BCUT2D eigenvalue weighted by Gasteiger charge is -2.18. The van der Waals surface area contributed by atoms with Crippen LogP contribution in [-0.2, 0) is 11.3 Å².